The Morgan fingerprint density at radius 3 is 2.62 bits per heavy atom. The largest absolute Gasteiger partial charge is 0.369 e. The number of benzene rings is 1. The van der Waals surface area contributed by atoms with E-state index < -0.39 is 5.91 Å². The summed E-state index contributed by atoms with van der Waals surface area (Å²) in [4.78, 5) is 17.8. The molecule has 0 bridgehead atoms. The van der Waals surface area contributed by atoms with Gasteiger partial charge < -0.3 is 11.1 Å². The monoisotopic (exact) mass is 392 g/mol. The fourth-order valence-corrected chi connectivity index (χ4v) is 3.59. The third kappa shape index (κ3) is 4.87. The van der Waals surface area contributed by atoms with E-state index in [1.165, 1.54) is 11.8 Å². The number of pyridine rings is 1. The van der Waals surface area contributed by atoms with Crippen molar-refractivity contribution >= 4 is 34.9 Å². The summed E-state index contributed by atoms with van der Waals surface area (Å²) < 4.78 is 0. The van der Waals surface area contributed by atoms with Crippen molar-refractivity contribution in [3.8, 4) is 0 Å². The van der Waals surface area contributed by atoms with Gasteiger partial charge in [-0.1, -0.05) is 41.4 Å². The van der Waals surface area contributed by atoms with Gasteiger partial charge in [0.2, 0.25) is 5.91 Å². The number of rotatable bonds is 6. The predicted octanol–water partition coefficient (Wildman–Crippen LogP) is 3.81. The molecule has 0 saturated carbocycles. The van der Waals surface area contributed by atoms with Crippen molar-refractivity contribution in [2.24, 2.45) is 11.7 Å². The van der Waals surface area contributed by atoms with Gasteiger partial charge in [0.15, 0.2) is 0 Å². The Balaban J connectivity index is 1.47. The summed E-state index contributed by atoms with van der Waals surface area (Å²) in [5.41, 5.74) is 6.72. The van der Waals surface area contributed by atoms with Gasteiger partial charge in [-0.3, -0.25) is 9.69 Å². The van der Waals surface area contributed by atoms with Gasteiger partial charge in [0.25, 0.3) is 0 Å². The van der Waals surface area contributed by atoms with Crippen LogP contribution < -0.4 is 11.1 Å². The second kappa shape index (κ2) is 8.71. The topological polar surface area (TPSA) is 71.2 Å². The highest BCUT2D eigenvalue weighted by Crippen LogP contribution is 2.24. The molecule has 0 radical (unpaired) electrons. The molecule has 138 valence electrons. The predicted molar refractivity (Wildman–Crippen MR) is 106 cm³/mol. The van der Waals surface area contributed by atoms with E-state index >= 15 is 0 Å². The number of nitrogens with two attached hydrogens (primary N) is 1. The summed E-state index contributed by atoms with van der Waals surface area (Å²) >= 11 is 12.4. The normalized spacial score (nSPS) is 15.8. The average Bonchev–Trinajstić information content (AvgIpc) is 2.63. The van der Waals surface area contributed by atoms with Crippen molar-refractivity contribution < 1.29 is 4.79 Å². The van der Waals surface area contributed by atoms with E-state index in [1.54, 1.807) is 6.07 Å². The first-order valence-corrected chi connectivity index (χ1v) is 9.43. The van der Waals surface area contributed by atoms with E-state index in [-0.39, 0.29) is 0 Å². The Labute approximate surface area is 163 Å². The SMILES string of the molecule is NC(=O)c1cnc(NCC2CCN(Cc3ccccc3Cl)CC2)c(Cl)c1. The van der Waals surface area contributed by atoms with Gasteiger partial charge >= 0.3 is 0 Å². The number of anilines is 1. The third-order valence-electron chi connectivity index (χ3n) is 4.74. The van der Waals surface area contributed by atoms with Crippen LogP contribution in [0, 0.1) is 5.92 Å². The number of carbonyl (C=O) groups is 1. The number of nitrogens with one attached hydrogen (secondary N) is 1. The second-order valence-corrected chi connectivity index (χ2v) is 7.42. The highest BCUT2D eigenvalue weighted by molar-refractivity contribution is 6.33. The maximum atomic E-state index is 11.1. The highest BCUT2D eigenvalue weighted by atomic mass is 35.5. The molecule has 26 heavy (non-hydrogen) atoms. The number of nitrogens with zero attached hydrogens (tertiary/aromatic N) is 2. The van der Waals surface area contributed by atoms with Crippen LogP contribution in [0.25, 0.3) is 0 Å². The zero-order valence-corrected chi connectivity index (χ0v) is 15.9. The van der Waals surface area contributed by atoms with Crippen LogP contribution in [0.2, 0.25) is 10.0 Å². The Morgan fingerprint density at radius 1 is 1.23 bits per heavy atom. The Kier molecular flexibility index (Phi) is 6.35. The number of hydrogen-bond donors (Lipinski definition) is 2. The summed E-state index contributed by atoms with van der Waals surface area (Å²) in [6.07, 6.45) is 3.66. The summed E-state index contributed by atoms with van der Waals surface area (Å²) in [5.74, 6) is 0.623. The van der Waals surface area contributed by atoms with Crippen LogP contribution in [0.4, 0.5) is 5.82 Å². The van der Waals surface area contributed by atoms with Crippen molar-refractivity contribution in [3.63, 3.8) is 0 Å². The molecular formula is C19H22Cl2N4O. The standard InChI is InChI=1S/C19H22Cl2N4O/c20-16-4-2-1-3-14(16)12-25-7-5-13(6-8-25)10-23-19-17(21)9-15(11-24-19)18(22)26/h1-4,9,11,13H,5-8,10,12H2,(H2,22,26)(H,23,24). The van der Waals surface area contributed by atoms with Crippen LogP contribution >= 0.6 is 23.2 Å². The maximum absolute atomic E-state index is 11.1. The number of halogens is 2. The molecule has 1 aromatic carbocycles. The molecule has 0 spiro atoms. The summed E-state index contributed by atoms with van der Waals surface area (Å²) in [6, 6.07) is 9.55. The minimum Gasteiger partial charge on any atom is -0.369 e. The molecule has 1 aromatic heterocycles. The maximum Gasteiger partial charge on any atom is 0.250 e. The molecule has 0 atom stereocenters. The van der Waals surface area contributed by atoms with Crippen molar-refractivity contribution in [3.05, 3.63) is 57.7 Å². The van der Waals surface area contributed by atoms with Crippen molar-refractivity contribution in [2.75, 3.05) is 25.0 Å². The van der Waals surface area contributed by atoms with Gasteiger partial charge in [0.1, 0.15) is 5.82 Å². The Hall–Kier alpha value is -1.82. The smallest absolute Gasteiger partial charge is 0.250 e. The lowest BCUT2D eigenvalue weighted by atomic mass is 9.96. The first-order chi connectivity index (χ1) is 12.5. The number of likely N-dealkylation sites (tertiary alicyclic amines) is 1. The molecule has 0 aliphatic carbocycles. The molecular weight excluding hydrogens is 371 g/mol. The second-order valence-electron chi connectivity index (χ2n) is 6.61. The lowest BCUT2D eigenvalue weighted by Gasteiger charge is -2.32. The molecule has 1 aliphatic heterocycles. The zero-order chi connectivity index (χ0) is 18.5. The minimum atomic E-state index is -0.531. The van der Waals surface area contributed by atoms with E-state index in [0.29, 0.717) is 22.3 Å². The number of hydrogen-bond acceptors (Lipinski definition) is 4. The zero-order valence-electron chi connectivity index (χ0n) is 14.4. The third-order valence-corrected chi connectivity index (χ3v) is 5.40. The Morgan fingerprint density at radius 2 is 1.96 bits per heavy atom. The molecule has 2 aromatic rings. The molecule has 1 aliphatic rings. The first-order valence-electron chi connectivity index (χ1n) is 8.68. The van der Waals surface area contributed by atoms with Gasteiger partial charge in [0, 0.05) is 24.3 Å². The van der Waals surface area contributed by atoms with Crippen molar-refractivity contribution in [1.29, 1.82) is 0 Å². The van der Waals surface area contributed by atoms with Gasteiger partial charge in [0.05, 0.1) is 10.6 Å². The lowest BCUT2D eigenvalue weighted by molar-refractivity contribution is 0.1000. The van der Waals surface area contributed by atoms with E-state index in [2.05, 4.69) is 21.3 Å². The molecule has 3 rings (SSSR count). The summed E-state index contributed by atoms with van der Waals surface area (Å²) in [5, 5.41) is 4.53. The van der Waals surface area contributed by atoms with E-state index in [4.69, 9.17) is 28.9 Å². The van der Waals surface area contributed by atoms with E-state index in [0.717, 1.165) is 44.0 Å². The molecule has 5 nitrogen and oxygen atoms in total. The number of amides is 1. The molecule has 1 saturated heterocycles. The van der Waals surface area contributed by atoms with Crippen LogP contribution in [-0.4, -0.2) is 35.4 Å². The van der Waals surface area contributed by atoms with E-state index in [1.807, 2.05) is 18.2 Å². The molecule has 1 amide bonds. The average molecular weight is 393 g/mol. The minimum absolute atomic E-state index is 0.313. The number of primary amides is 1. The number of piperidine rings is 1. The number of aromatic nitrogens is 1. The molecule has 7 heteroatoms. The summed E-state index contributed by atoms with van der Waals surface area (Å²) in [7, 11) is 0. The highest BCUT2D eigenvalue weighted by Gasteiger charge is 2.20. The van der Waals surface area contributed by atoms with Crippen LogP contribution in [0.1, 0.15) is 28.8 Å². The fourth-order valence-electron chi connectivity index (χ4n) is 3.16. The quantitative estimate of drug-likeness (QED) is 0.783. The molecule has 0 unspecified atom stereocenters. The van der Waals surface area contributed by atoms with Gasteiger partial charge in [-0.25, -0.2) is 4.98 Å². The van der Waals surface area contributed by atoms with Gasteiger partial charge in [-0.2, -0.15) is 0 Å². The van der Waals surface area contributed by atoms with Crippen molar-refractivity contribution in [1.82, 2.24) is 9.88 Å². The molecule has 1 fully saturated rings. The fraction of sp³-hybridized carbons (Fsp3) is 0.368. The van der Waals surface area contributed by atoms with E-state index in [9.17, 15) is 4.79 Å². The first kappa shape index (κ1) is 19.0. The van der Waals surface area contributed by atoms with Crippen LogP contribution in [0.3, 0.4) is 0 Å². The molecule has 3 N–H and O–H groups in total. The van der Waals surface area contributed by atoms with Gasteiger partial charge in [-0.15, -0.1) is 0 Å². The number of carbonyl (C=O) groups excluding carboxylic acids is 1. The van der Waals surface area contributed by atoms with Crippen LogP contribution in [-0.2, 0) is 6.54 Å². The summed E-state index contributed by atoms with van der Waals surface area (Å²) in [6.45, 7) is 3.78. The van der Waals surface area contributed by atoms with Crippen LogP contribution in [0.15, 0.2) is 36.5 Å². The molecule has 2 heterocycles. The van der Waals surface area contributed by atoms with Gasteiger partial charge in [-0.05, 0) is 49.5 Å². The van der Waals surface area contributed by atoms with Crippen molar-refractivity contribution in [2.45, 2.75) is 19.4 Å². The Bertz CT molecular complexity index is 776. The van der Waals surface area contributed by atoms with Crippen LogP contribution in [0.5, 0.6) is 0 Å². The lowest BCUT2D eigenvalue weighted by Crippen LogP contribution is -2.35.